The van der Waals surface area contributed by atoms with Crippen LogP contribution < -0.4 is 21.3 Å². The van der Waals surface area contributed by atoms with E-state index < -0.39 is 5.91 Å². The lowest BCUT2D eigenvalue weighted by molar-refractivity contribution is 0.102. The van der Waals surface area contributed by atoms with Gasteiger partial charge in [0.2, 0.25) is 5.43 Å². The maximum Gasteiger partial charge on any atom is 0.261 e. The van der Waals surface area contributed by atoms with Gasteiger partial charge in [0.25, 0.3) is 5.91 Å². The summed E-state index contributed by atoms with van der Waals surface area (Å²) in [5, 5.41) is 4.04. The van der Waals surface area contributed by atoms with Crippen LogP contribution in [-0.2, 0) is 10.8 Å². The van der Waals surface area contributed by atoms with Gasteiger partial charge in [-0.05, 0) is 46.9 Å². The zero-order chi connectivity index (χ0) is 21.6. The van der Waals surface area contributed by atoms with E-state index in [2.05, 4.69) is 10.3 Å². The van der Waals surface area contributed by atoms with E-state index >= 15 is 0 Å². The van der Waals surface area contributed by atoms with Crippen LogP contribution >= 0.6 is 0 Å². The standard InChI is InChI=1S/C24H29FN2O2/c1-23(2,3)16-11-17(24(4,5)6)20(12-18(16)25)27-22(29)15-13-26-19-10-8-7-9-14(19)21(15)28/h9-13,26H,7-8H2,1-6H3,(H,27,29). The number of amides is 1. The highest BCUT2D eigenvalue weighted by Crippen LogP contribution is 2.36. The topological polar surface area (TPSA) is 62.0 Å². The van der Waals surface area contributed by atoms with Gasteiger partial charge in [0, 0.05) is 22.5 Å². The van der Waals surface area contributed by atoms with Crippen LogP contribution in [0.25, 0.3) is 12.2 Å². The molecule has 0 radical (unpaired) electrons. The largest absolute Gasteiger partial charge is 0.360 e. The second-order valence-corrected chi connectivity index (χ2v) is 9.68. The SMILES string of the molecule is CC(C)(C)c1cc(C(C)(C)C)c(NC(=O)c2c[nH]c3c(c2=O)=CCCC=3)cc1F. The third-order valence-electron chi connectivity index (χ3n) is 5.23. The molecule has 0 bridgehead atoms. The molecule has 1 aromatic carbocycles. The number of aromatic nitrogens is 1. The third-order valence-corrected chi connectivity index (χ3v) is 5.23. The number of nitrogens with one attached hydrogen (secondary N) is 2. The smallest absolute Gasteiger partial charge is 0.261 e. The molecule has 154 valence electrons. The summed E-state index contributed by atoms with van der Waals surface area (Å²) in [6.07, 6.45) is 6.88. The van der Waals surface area contributed by atoms with Gasteiger partial charge in [0.15, 0.2) is 0 Å². The van der Waals surface area contributed by atoms with Crippen LogP contribution in [0, 0.1) is 5.82 Å². The van der Waals surface area contributed by atoms with E-state index in [1.807, 2.05) is 59.8 Å². The Morgan fingerprint density at radius 2 is 1.62 bits per heavy atom. The highest BCUT2D eigenvalue weighted by molar-refractivity contribution is 6.04. The molecule has 1 amide bonds. The molecule has 1 heterocycles. The molecule has 2 N–H and O–H groups in total. The molecule has 4 nitrogen and oxygen atoms in total. The second-order valence-electron chi connectivity index (χ2n) is 9.68. The number of anilines is 1. The predicted octanol–water partition coefficient (Wildman–Crippen LogP) is 3.72. The van der Waals surface area contributed by atoms with Gasteiger partial charge in [0.1, 0.15) is 11.4 Å². The normalized spacial score (nSPS) is 13.9. The van der Waals surface area contributed by atoms with Crippen molar-refractivity contribution in [1.82, 2.24) is 4.98 Å². The van der Waals surface area contributed by atoms with Crippen LogP contribution in [0.15, 0.2) is 23.1 Å². The summed E-state index contributed by atoms with van der Waals surface area (Å²) in [6, 6.07) is 3.19. The van der Waals surface area contributed by atoms with Crippen molar-refractivity contribution >= 4 is 23.7 Å². The average molecular weight is 397 g/mol. The number of H-pyrrole nitrogens is 1. The fourth-order valence-corrected chi connectivity index (χ4v) is 3.62. The summed E-state index contributed by atoms with van der Waals surface area (Å²) in [4.78, 5) is 28.7. The van der Waals surface area contributed by atoms with Crippen molar-refractivity contribution < 1.29 is 9.18 Å². The minimum Gasteiger partial charge on any atom is -0.360 e. The lowest BCUT2D eigenvalue weighted by Gasteiger charge is -2.28. The molecule has 0 saturated heterocycles. The number of rotatable bonds is 2. The molecule has 0 spiro atoms. The Morgan fingerprint density at radius 3 is 2.24 bits per heavy atom. The highest BCUT2D eigenvalue weighted by atomic mass is 19.1. The minimum absolute atomic E-state index is 0.0236. The third kappa shape index (κ3) is 4.19. The van der Waals surface area contributed by atoms with Gasteiger partial charge in [-0.1, -0.05) is 53.7 Å². The molecule has 0 aliphatic heterocycles. The number of fused-ring (bicyclic) bond motifs is 1. The lowest BCUT2D eigenvalue weighted by Crippen LogP contribution is -2.45. The molecule has 0 saturated carbocycles. The highest BCUT2D eigenvalue weighted by Gasteiger charge is 2.27. The predicted molar refractivity (Wildman–Crippen MR) is 116 cm³/mol. The number of benzene rings is 1. The Hall–Kier alpha value is -2.69. The van der Waals surface area contributed by atoms with Crippen molar-refractivity contribution in [3.8, 4) is 0 Å². The molecule has 2 aromatic rings. The number of hydrogen-bond acceptors (Lipinski definition) is 2. The number of carbonyl (C=O) groups excluding carboxylic acids is 1. The molecule has 1 aromatic heterocycles. The van der Waals surface area contributed by atoms with E-state index in [1.165, 1.54) is 12.3 Å². The summed E-state index contributed by atoms with van der Waals surface area (Å²) in [7, 11) is 0. The molecule has 1 aliphatic rings. The van der Waals surface area contributed by atoms with Gasteiger partial charge >= 0.3 is 0 Å². The van der Waals surface area contributed by atoms with Gasteiger partial charge in [-0.3, -0.25) is 9.59 Å². The van der Waals surface area contributed by atoms with E-state index in [0.29, 0.717) is 16.5 Å². The maximum atomic E-state index is 14.8. The Bertz CT molecular complexity index is 1150. The fraction of sp³-hybridized carbons (Fsp3) is 0.417. The maximum absolute atomic E-state index is 14.8. The molecule has 5 heteroatoms. The van der Waals surface area contributed by atoms with Crippen LogP contribution in [-0.4, -0.2) is 10.9 Å². The number of pyridine rings is 1. The zero-order valence-electron chi connectivity index (χ0n) is 18.0. The molecule has 0 fully saturated rings. The quantitative estimate of drug-likeness (QED) is 0.813. The van der Waals surface area contributed by atoms with Crippen molar-refractivity contribution in [2.24, 2.45) is 0 Å². The van der Waals surface area contributed by atoms with Gasteiger partial charge in [-0.15, -0.1) is 0 Å². The Kier molecular flexibility index (Phi) is 5.28. The first-order valence-corrected chi connectivity index (χ1v) is 9.97. The van der Waals surface area contributed by atoms with Crippen molar-refractivity contribution in [3.63, 3.8) is 0 Å². The van der Waals surface area contributed by atoms with Gasteiger partial charge in [-0.2, -0.15) is 0 Å². The molecule has 29 heavy (non-hydrogen) atoms. The van der Waals surface area contributed by atoms with Gasteiger partial charge < -0.3 is 10.3 Å². The van der Waals surface area contributed by atoms with Crippen molar-refractivity contribution in [2.75, 3.05) is 5.32 Å². The Labute approximate surface area is 170 Å². The lowest BCUT2D eigenvalue weighted by atomic mass is 9.79. The van der Waals surface area contributed by atoms with Gasteiger partial charge in [0.05, 0.1) is 0 Å². The van der Waals surface area contributed by atoms with E-state index in [0.717, 1.165) is 23.8 Å². The van der Waals surface area contributed by atoms with Crippen molar-refractivity contribution in [1.29, 1.82) is 0 Å². The van der Waals surface area contributed by atoms with Crippen LogP contribution in [0.4, 0.5) is 10.1 Å². The number of halogens is 1. The minimum atomic E-state index is -0.540. The van der Waals surface area contributed by atoms with Gasteiger partial charge in [-0.25, -0.2) is 4.39 Å². The van der Waals surface area contributed by atoms with E-state index in [1.54, 1.807) is 0 Å². The second kappa shape index (κ2) is 7.29. The first-order valence-electron chi connectivity index (χ1n) is 9.97. The molecule has 3 rings (SSSR count). The van der Waals surface area contributed by atoms with Crippen LogP contribution in [0.2, 0.25) is 0 Å². The van der Waals surface area contributed by atoms with Crippen LogP contribution in [0.3, 0.4) is 0 Å². The molecule has 0 unspecified atom stereocenters. The first kappa shape index (κ1) is 21.0. The molecule has 1 aliphatic carbocycles. The summed E-state index contributed by atoms with van der Waals surface area (Å²) < 4.78 is 14.8. The molecular weight excluding hydrogens is 367 g/mol. The average Bonchev–Trinajstić information content (AvgIpc) is 2.60. The number of carbonyl (C=O) groups is 1. The first-order chi connectivity index (χ1) is 13.4. The van der Waals surface area contributed by atoms with E-state index in [-0.39, 0.29) is 27.6 Å². The van der Waals surface area contributed by atoms with E-state index in [4.69, 9.17) is 0 Å². The summed E-state index contributed by atoms with van der Waals surface area (Å²) in [6.45, 7) is 11.9. The van der Waals surface area contributed by atoms with Crippen molar-refractivity contribution in [2.45, 2.75) is 65.2 Å². The van der Waals surface area contributed by atoms with Crippen LogP contribution in [0.1, 0.15) is 75.9 Å². The van der Waals surface area contributed by atoms with Crippen LogP contribution in [0.5, 0.6) is 0 Å². The van der Waals surface area contributed by atoms with Crippen molar-refractivity contribution in [3.05, 3.63) is 61.6 Å². The summed E-state index contributed by atoms with van der Waals surface area (Å²) in [5.41, 5.74) is 0.840. The molecule has 0 atom stereocenters. The Morgan fingerprint density at radius 1 is 1.00 bits per heavy atom. The monoisotopic (exact) mass is 396 g/mol. The number of hydrogen-bond donors (Lipinski definition) is 2. The summed E-state index contributed by atoms with van der Waals surface area (Å²) in [5.74, 6) is -0.912. The zero-order valence-corrected chi connectivity index (χ0v) is 18.0. The fourth-order valence-electron chi connectivity index (χ4n) is 3.62. The number of aromatic amines is 1. The summed E-state index contributed by atoms with van der Waals surface area (Å²) >= 11 is 0. The van der Waals surface area contributed by atoms with E-state index in [9.17, 15) is 14.0 Å². The Balaban J connectivity index is 2.08. The molecular formula is C24H29FN2O2.